The lowest BCUT2D eigenvalue weighted by atomic mass is 10.1. The number of ether oxygens (including phenoxy) is 2. The van der Waals surface area contributed by atoms with Gasteiger partial charge in [-0.3, -0.25) is 0 Å². The quantitative estimate of drug-likeness (QED) is 0.721. The number of hydrogen-bond donors (Lipinski definition) is 1. The Morgan fingerprint density at radius 1 is 1.33 bits per heavy atom. The summed E-state index contributed by atoms with van der Waals surface area (Å²) in [5.41, 5.74) is 2.39. The molecule has 0 aliphatic rings. The van der Waals surface area contributed by atoms with Crippen molar-refractivity contribution in [3.63, 3.8) is 0 Å². The molecule has 18 heavy (non-hydrogen) atoms. The molecule has 1 N–H and O–H groups in total. The number of hydrogen-bond acceptors (Lipinski definition) is 3. The minimum atomic E-state index is 0.0704. The summed E-state index contributed by atoms with van der Waals surface area (Å²) >= 11 is 0. The van der Waals surface area contributed by atoms with Crippen molar-refractivity contribution in [2.45, 2.75) is 39.8 Å². The van der Waals surface area contributed by atoms with Crippen molar-refractivity contribution in [1.82, 2.24) is 5.32 Å². The van der Waals surface area contributed by atoms with Crippen LogP contribution in [-0.2, 0) is 11.3 Å². The minimum absolute atomic E-state index is 0.0704. The van der Waals surface area contributed by atoms with E-state index in [1.807, 2.05) is 6.92 Å². The zero-order chi connectivity index (χ0) is 13.4. The van der Waals surface area contributed by atoms with Crippen molar-refractivity contribution in [3.05, 3.63) is 29.3 Å². The van der Waals surface area contributed by atoms with Gasteiger partial charge in [0.25, 0.3) is 0 Å². The predicted molar refractivity (Wildman–Crippen MR) is 75.1 cm³/mol. The van der Waals surface area contributed by atoms with Crippen LogP contribution in [0.5, 0.6) is 5.75 Å². The number of rotatable bonds is 8. The van der Waals surface area contributed by atoms with Gasteiger partial charge in [-0.15, -0.1) is 0 Å². The fourth-order valence-electron chi connectivity index (χ4n) is 1.89. The first-order valence-corrected chi connectivity index (χ1v) is 6.63. The topological polar surface area (TPSA) is 30.5 Å². The van der Waals surface area contributed by atoms with Crippen LogP contribution in [0.4, 0.5) is 0 Å². The normalized spacial score (nSPS) is 12.4. The SMILES string of the molecule is CCCNCc1cccc(C)c1OC(C)COC. The average Bonchev–Trinajstić information content (AvgIpc) is 2.34. The Kier molecular flexibility index (Phi) is 6.76. The molecule has 0 amide bonds. The van der Waals surface area contributed by atoms with Crippen LogP contribution >= 0.6 is 0 Å². The van der Waals surface area contributed by atoms with Gasteiger partial charge in [-0.05, 0) is 32.4 Å². The zero-order valence-corrected chi connectivity index (χ0v) is 12.0. The van der Waals surface area contributed by atoms with Gasteiger partial charge in [0.2, 0.25) is 0 Å². The fourth-order valence-corrected chi connectivity index (χ4v) is 1.89. The summed E-state index contributed by atoms with van der Waals surface area (Å²) in [6, 6.07) is 6.27. The molecule has 0 radical (unpaired) electrons. The lowest BCUT2D eigenvalue weighted by Crippen LogP contribution is -2.21. The number of aryl methyl sites for hydroxylation is 1. The molecule has 0 bridgehead atoms. The summed E-state index contributed by atoms with van der Waals surface area (Å²) in [6.45, 7) is 8.76. The lowest BCUT2D eigenvalue weighted by Gasteiger charge is -2.19. The van der Waals surface area contributed by atoms with E-state index in [2.05, 4.69) is 37.4 Å². The molecule has 1 unspecified atom stereocenters. The van der Waals surface area contributed by atoms with Gasteiger partial charge >= 0.3 is 0 Å². The summed E-state index contributed by atoms with van der Waals surface area (Å²) in [5, 5.41) is 3.41. The van der Waals surface area contributed by atoms with E-state index in [9.17, 15) is 0 Å². The van der Waals surface area contributed by atoms with Crippen molar-refractivity contribution in [3.8, 4) is 5.75 Å². The first-order chi connectivity index (χ1) is 8.69. The molecule has 0 aromatic heterocycles. The van der Waals surface area contributed by atoms with Crippen molar-refractivity contribution < 1.29 is 9.47 Å². The van der Waals surface area contributed by atoms with Gasteiger partial charge in [0.1, 0.15) is 11.9 Å². The third kappa shape index (κ3) is 4.67. The first-order valence-electron chi connectivity index (χ1n) is 6.63. The molecule has 0 saturated heterocycles. The summed E-state index contributed by atoms with van der Waals surface area (Å²) in [5.74, 6) is 0.991. The Bertz CT molecular complexity index is 352. The van der Waals surface area contributed by atoms with Crippen LogP contribution in [0.1, 0.15) is 31.4 Å². The van der Waals surface area contributed by atoms with E-state index in [0.717, 1.165) is 25.3 Å². The van der Waals surface area contributed by atoms with Crippen molar-refractivity contribution in [2.75, 3.05) is 20.3 Å². The maximum atomic E-state index is 5.98. The molecule has 1 rings (SSSR count). The molecular formula is C15H25NO2. The Labute approximate surface area is 110 Å². The van der Waals surface area contributed by atoms with Crippen LogP contribution < -0.4 is 10.1 Å². The second kappa shape index (κ2) is 8.11. The highest BCUT2D eigenvalue weighted by Crippen LogP contribution is 2.24. The van der Waals surface area contributed by atoms with Crippen LogP contribution in [0.15, 0.2) is 18.2 Å². The Morgan fingerprint density at radius 2 is 2.11 bits per heavy atom. The van der Waals surface area contributed by atoms with Crippen LogP contribution in [0.3, 0.4) is 0 Å². The predicted octanol–water partition coefficient (Wildman–Crippen LogP) is 2.91. The van der Waals surface area contributed by atoms with E-state index in [1.54, 1.807) is 7.11 Å². The van der Waals surface area contributed by atoms with Gasteiger partial charge in [0.15, 0.2) is 0 Å². The molecule has 0 aliphatic heterocycles. The third-order valence-electron chi connectivity index (χ3n) is 2.76. The van der Waals surface area contributed by atoms with Gasteiger partial charge in [0, 0.05) is 19.2 Å². The summed E-state index contributed by atoms with van der Waals surface area (Å²) in [7, 11) is 1.70. The Balaban J connectivity index is 2.73. The standard InChI is InChI=1S/C15H25NO2/c1-5-9-16-10-14-8-6-7-12(2)15(14)18-13(3)11-17-4/h6-8,13,16H,5,9-11H2,1-4H3. The van der Waals surface area contributed by atoms with Crippen LogP contribution in [-0.4, -0.2) is 26.4 Å². The second-order valence-electron chi connectivity index (χ2n) is 4.62. The zero-order valence-electron chi connectivity index (χ0n) is 12.0. The summed E-state index contributed by atoms with van der Waals surface area (Å²) in [4.78, 5) is 0. The van der Waals surface area contributed by atoms with Crippen molar-refractivity contribution in [1.29, 1.82) is 0 Å². The van der Waals surface area contributed by atoms with Gasteiger partial charge < -0.3 is 14.8 Å². The molecule has 1 aromatic carbocycles. The molecule has 1 atom stereocenters. The second-order valence-corrected chi connectivity index (χ2v) is 4.62. The van der Waals surface area contributed by atoms with E-state index in [1.165, 1.54) is 11.1 Å². The van der Waals surface area contributed by atoms with E-state index >= 15 is 0 Å². The van der Waals surface area contributed by atoms with Gasteiger partial charge in [-0.25, -0.2) is 0 Å². The van der Waals surface area contributed by atoms with E-state index in [0.29, 0.717) is 6.61 Å². The van der Waals surface area contributed by atoms with E-state index < -0.39 is 0 Å². The number of para-hydroxylation sites is 1. The van der Waals surface area contributed by atoms with Crippen LogP contribution in [0.25, 0.3) is 0 Å². The number of methoxy groups -OCH3 is 1. The molecule has 102 valence electrons. The molecule has 0 aliphatic carbocycles. The van der Waals surface area contributed by atoms with Crippen molar-refractivity contribution in [2.24, 2.45) is 0 Å². The Morgan fingerprint density at radius 3 is 2.78 bits per heavy atom. The average molecular weight is 251 g/mol. The highest BCUT2D eigenvalue weighted by atomic mass is 16.5. The molecule has 3 nitrogen and oxygen atoms in total. The maximum absolute atomic E-state index is 5.98. The van der Waals surface area contributed by atoms with Gasteiger partial charge in [-0.2, -0.15) is 0 Å². The molecule has 0 saturated carbocycles. The smallest absolute Gasteiger partial charge is 0.127 e. The molecule has 0 spiro atoms. The molecular weight excluding hydrogens is 226 g/mol. The van der Waals surface area contributed by atoms with Crippen molar-refractivity contribution >= 4 is 0 Å². The van der Waals surface area contributed by atoms with Gasteiger partial charge in [0.05, 0.1) is 6.61 Å². The highest BCUT2D eigenvalue weighted by molar-refractivity contribution is 5.40. The Hall–Kier alpha value is -1.06. The van der Waals surface area contributed by atoms with E-state index in [-0.39, 0.29) is 6.10 Å². The molecule has 3 heteroatoms. The fraction of sp³-hybridized carbons (Fsp3) is 0.600. The maximum Gasteiger partial charge on any atom is 0.127 e. The minimum Gasteiger partial charge on any atom is -0.488 e. The van der Waals surface area contributed by atoms with Crippen LogP contribution in [0.2, 0.25) is 0 Å². The third-order valence-corrected chi connectivity index (χ3v) is 2.76. The number of nitrogens with one attached hydrogen (secondary N) is 1. The summed E-state index contributed by atoms with van der Waals surface area (Å²) < 4.78 is 11.1. The largest absolute Gasteiger partial charge is 0.488 e. The van der Waals surface area contributed by atoms with Gasteiger partial charge in [-0.1, -0.05) is 25.1 Å². The molecule has 0 heterocycles. The van der Waals surface area contributed by atoms with E-state index in [4.69, 9.17) is 9.47 Å². The highest BCUT2D eigenvalue weighted by Gasteiger charge is 2.10. The lowest BCUT2D eigenvalue weighted by molar-refractivity contribution is 0.0908. The first kappa shape index (κ1) is 15.0. The molecule has 1 aromatic rings. The summed E-state index contributed by atoms with van der Waals surface area (Å²) in [6.07, 6.45) is 1.21. The van der Waals surface area contributed by atoms with Crippen LogP contribution in [0, 0.1) is 6.92 Å². The number of benzene rings is 1. The molecule has 0 fully saturated rings. The monoisotopic (exact) mass is 251 g/mol.